The van der Waals surface area contributed by atoms with E-state index in [2.05, 4.69) is 22.5 Å². The third-order valence-electron chi connectivity index (χ3n) is 3.47. The van der Waals surface area contributed by atoms with Gasteiger partial charge in [0.15, 0.2) is 0 Å². The summed E-state index contributed by atoms with van der Waals surface area (Å²) in [7, 11) is 1.73. The number of aryl methyl sites for hydroxylation is 3. The lowest BCUT2D eigenvalue weighted by atomic mass is 10.1. The Kier molecular flexibility index (Phi) is 5.02. The molecule has 1 amide bonds. The Labute approximate surface area is 130 Å². The molecule has 0 saturated carbocycles. The summed E-state index contributed by atoms with van der Waals surface area (Å²) in [6.07, 6.45) is 1.81. The van der Waals surface area contributed by atoms with Gasteiger partial charge in [0.2, 0.25) is 0 Å². The Morgan fingerprint density at radius 3 is 2.62 bits per heavy atom. The van der Waals surface area contributed by atoms with Gasteiger partial charge in [-0.05, 0) is 32.3 Å². The molecule has 2 aromatic rings. The minimum Gasteiger partial charge on any atom is -0.349 e. The molecule has 1 N–H and O–H groups in total. The Balaban J connectivity index is 1.93. The second-order valence-corrected chi connectivity index (χ2v) is 5.63. The molecule has 0 radical (unpaired) electrons. The van der Waals surface area contributed by atoms with Crippen LogP contribution in [0.5, 0.6) is 0 Å². The zero-order chi connectivity index (χ0) is 15.4. The van der Waals surface area contributed by atoms with Crippen LogP contribution in [0.1, 0.15) is 35.0 Å². The Morgan fingerprint density at radius 1 is 1.38 bits per heavy atom. The predicted molar refractivity (Wildman–Crippen MR) is 84.6 cm³/mol. The predicted octanol–water partition coefficient (Wildman–Crippen LogP) is 3.13. The molecule has 1 atom stereocenters. The van der Waals surface area contributed by atoms with Crippen molar-refractivity contribution in [3.63, 3.8) is 0 Å². The quantitative estimate of drug-likeness (QED) is 0.922. The van der Waals surface area contributed by atoms with E-state index in [1.165, 1.54) is 10.2 Å². The lowest BCUT2D eigenvalue weighted by molar-refractivity contribution is 0.0938. The van der Waals surface area contributed by atoms with E-state index < -0.39 is 0 Å². The highest BCUT2D eigenvalue weighted by Gasteiger charge is 2.20. The molecule has 0 aliphatic heterocycles. The number of nitrogens with one attached hydrogen (secondary N) is 1. The van der Waals surface area contributed by atoms with Gasteiger partial charge in [0, 0.05) is 13.1 Å². The van der Waals surface area contributed by atoms with Crippen LogP contribution in [0.3, 0.4) is 0 Å². The fraction of sp³-hybridized carbons (Fsp3) is 0.375. The maximum Gasteiger partial charge on any atom is 0.256 e. The van der Waals surface area contributed by atoms with Crippen LogP contribution in [0.25, 0.3) is 0 Å². The zero-order valence-corrected chi connectivity index (χ0v) is 13.3. The van der Waals surface area contributed by atoms with E-state index in [4.69, 9.17) is 11.6 Å². The molecule has 0 aliphatic rings. The van der Waals surface area contributed by atoms with Crippen LogP contribution >= 0.6 is 11.6 Å². The van der Waals surface area contributed by atoms with Gasteiger partial charge in [0.1, 0.15) is 5.15 Å². The van der Waals surface area contributed by atoms with Crippen molar-refractivity contribution in [1.82, 2.24) is 15.1 Å². The average molecular weight is 306 g/mol. The highest BCUT2D eigenvalue weighted by Crippen LogP contribution is 2.18. The number of aromatic nitrogens is 2. The molecular formula is C16H20ClN3O. The highest BCUT2D eigenvalue weighted by atomic mass is 35.5. The Bertz CT molecular complexity index is 622. The molecule has 21 heavy (non-hydrogen) atoms. The number of hydrogen-bond donors (Lipinski definition) is 1. The van der Waals surface area contributed by atoms with Gasteiger partial charge in [0.05, 0.1) is 11.3 Å². The fourth-order valence-electron chi connectivity index (χ4n) is 2.28. The van der Waals surface area contributed by atoms with Crippen LogP contribution in [0.15, 0.2) is 30.3 Å². The molecule has 4 nitrogen and oxygen atoms in total. The normalized spacial score (nSPS) is 12.2. The largest absolute Gasteiger partial charge is 0.349 e. The van der Waals surface area contributed by atoms with E-state index in [0.717, 1.165) is 12.8 Å². The Hall–Kier alpha value is -1.81. The monoisotopic (exact) mass is 305 g/mol. The highest BCUT2D eigenvalue weighted by molar-refractivity contribution is 6.33. The average Bonchev–Trinajstić information content (AvgIpc) is 2.71. The molecule has 0 bridgehead atoms. The number of nitrogens with zero attached hydrogens (tertiary/aromatic N) is 2. The molecule has 5 heteroatoms. The van der Waals surface area contributed by atoms with E-state index in [1.807, 2.05) is 25.1 Å². The van der Waals surface area contributed by atoms with Crippen molar-refractivity contribution in [2.24, 2.45) is 7.05 Å². The van der Waals surface area contributed by atoms with E-state index in [-0.39, 0.29) is 11.9 Å². The van der Waals surface area contributed by atoms with Crippen LogP contribution in [0.4, 0.5) is 0 Å². The van der Waals surface area contributed by atoms with Gasteiger partial charge in [-0.2, -0.15) is 5.10 Å². The van der Waals surface area contributed by atoms with Gasteiger partial charge in [0.25, 0.3) is 5.91 Å². The number of carbonyl (C=O) groups excluding carboxylic acids is 1. The smallest absolute Gasteiger partial charge is 0.256 e. The molecule has 112 valence electrons. The molecule has 2 rings (SSSR count). The summed E-state index contributed by atoms with van der Waals surface area (Å²) in [6.45, 7) is 3.79. The van der Waals surface area contributed by atoms with Crippen molar-refractivity contribution >= 4 is 17.5 Å². The molecule has 0 aliphatic carbocycles. The third-order valence-corrected chi connectivity index (χ3v) is 3.90. The molecule has 1 unspecified atom stereocenters. The second kappa shape index (κ2) is 6.76. The first-order valence-electron chi connectivity index (χ1n) is 7.03. The molecular weight excluding hydrogens is 286 g/mol. The van der Waals surface area contributed by atoms with E-state index >= 15 is 0 Å². The summed E-state index contributed by atoms with van der Waals surface area (Å²) >= 11 is 6.10. The van der Waals surface area contributed by atoms with Crippen molar-refractivity contribution in [2.45, 2.75) is 32.7 Å². The maximum atomic E-state index is 12.3. The Morgan fingerprint density at radius 2 is 2.05 bits per heavy atom. The van der Waals surface area contributed by atoms with Crippen molar-refractivity contribution in [2.75, 3.05) is 0 Å². The summed E-state index contributed by atoms with van der Waals surface area (Å²) in [5.41, 5.74) is 2.38. The van der Waals surface area contributed by atoms with Gasteiger partial charge >= 0.3 is 0 Å². The summed E-state index contributed by atoms with van der Waals surface area (Å²) in [6, 6.07) is 10.3. The van der Waals surface area contributed by atoms with Crippen LogP contribution in [0, 0.1) is 6.92 Å². The molecule has 0 saturated heterocycles. The molecule has 1 aromatic carbocycles. The summed E-state index contributed by atoms with van der Waals surface area (Å²) in [5.74, 6) is -0.161. The van der Waals surface area contributed by atoms with E-state index in [9.17, 15) is 4.79 Å². The van der Waals surface area contributed by atoms with Crippen molar-refractivity contribution in [3.05, 3.63) is 52.3 Å². The summed E-state index contributed by atoms with van der Waals surface area (Å²) in [4.78, 5) is 12.3. The van der Waals surface area contributed by atoms with Gasteiger partial charge in [-0.3, -0.25) is 9.48 Å². The fourth-order valence-corrected chi connectivity index (χ4v) is 2.54. The lowest BCUT2D eigenvalue weighted by Crippen LogP contribution is -2.33. The van der Waals surface area contributed by atoms with Gasteiger partial charge < -0.3 is 5.32 Å². The SMILES string of the molecule is Cc1nn(C)c(Cl)c1C(=O)NC(C)CCc1ccccc1. The van der Waals surface area contributed by atoms with Gasteiger partial charge in [-0.25, -0.2) is 0 Å². The van der Waals surface area contributed by atoms with Crippen LogP contribution < -0.4 is 5.32 Å². The first-order chi connectivity index (χ1) is 9.99. The van der Waals surface area contributed by atoms with E-state index in [1.54, 1.807) is 14.0 Å². The lowest BCUT2D eigenvalue weighted by Gasteiger charge is -2.13. The topological polar surface area (TPSA) is 46.9 Å². The number of halogens is 1. The minimum absolute atomic E-state index is 0.0772. The van der Waals surface area contributed by atoms with Crippen LogP contribution in [-0.4, -0.2) is 21.7 Å². The molecule has 1 heterocycles. The second-order valence-electron chi connectivity index (χ2n) is 5.27. The standard InChI is InChI=1S/C16H20ClN3O/c1-11(9-10-13-7-5-4-6-8-13)18-16(21)14-12(2)19-20(3)15(14)17/h4-8,11H,9-10H2,1-3H3,(H,18,21). The minimum atomic E-state index is -0.161. The van der Waals surface area contributed by atoms with Gasteiger partial charge in [-0.15, -0.1) is 0 Å². The zero-order valence-electron chi connectivity index (χ0n) is 12.6. The van der Waals surface area contributed by atoms with Crippen molar-refractivity contribution in [3.8, 4) is 0 Å². The number of amides is 1. The number of carbonyl (C=O) groups is 1. The molecule has 0 fully saturated rings. The molecule has 0 spiro atoms. The maximum absolute atomic E-state index is 12.3. The third kappa shape index (κ3) is 3.85. The number of benzene rings is 1. The summed E-state index contributed by atoms with van der Waals surface area (Å²) < 4.78 is 1.51. The van der Waals surface area contributed by atoms with Gasteiger partial charge in [-0.1, -0.05) is 41.9 Å². The van der Waals surface area contributed by atoms with Crippen LogP contribution in [0.2, 0.25) is 5.15 Å². The first kappa shape index (κ1) is 15.6. The van der Waals surface area contributed by atoms with Crippen LogP contribution in [-0.2, 0) is 13.5 Å². The number of hydrogen-bond acceptors (Lipinski definition) is 2. The first-order valence-corrected chi connectivity index (χ1v) is 7.40. The van der Waals surface area contributed by atoms with Crippen molar-refractivity contribution < 1.29 is 4.79 Å². The number of rotatable bonds is 5. The summed E-state index contributed by atoms with van der Waals surface area (Å²) in [5, 5.41) is 7.52. The molecule has 1 aromatic heterocycles. The van der Waals surface area contributed by atoms with E-state index in [0.29, 0.717) is 16.4 Å². The van der Waals surface area contributed by atoms with Crippen molar-refractivity contribution in [1.29, 1.82) is 0 Å².